The number of ether oxygens (including phenoxy) is 2. The maximum Gasteiger partial charge on any atom is 0.157 e. The number of aldehydes is 1. The lowest BCUT2D eigenvalue weighted by molar-refractivity contribution is 0.00427. The third-order valence-corrected chi connectivity index (χ3v) is 4.71. The van der Waals surface area contributed by atoms with Crippen molar-refractivity contribution in [1.82, 2.24) is 9.88 Å². The molecule has 2 unspecified atom stereocenters. The zero-order valence-corrected chi connectivity index (χ0v) is 15.7. The summed E-state index contributed by atoms with van der Waals surface area (Å²) in [5.74, 6) is 0.197. The molecule has 1 aromatic carbocycles. The van der Waals surface area contributed by atoms with Crippen LogP contribution in [0.4, 0.5) is 0 Å². The summed E-state index contributed by atoms with van der Waals surface area (Å²) in [5.41, 5.74) is 2.19. The summed E-state index contributed by atoms with van der Waals surface area (Å²) in [5, 5.41) is 19.8. The average Bonchev–Trinajstić information content (AvgIpc) is 2.72. The maximum atomic E-state index is 11.2. The van der Waals surface area contributed by atoms with E-state index in [4.69, 9.17) is 9.47 Å². The molecule has 2 atom stereocenters. The number of hydrogen-bond donors (Lipinski definition) is 2. The zero-order chi connectivity index (χ0) is 20.1. The summed E-state index contributed by atoms with van der Waals surface area (Å²) in [7, 11) is 0. The van der Waals surface area contributed by atoms with E-state index in [-0.39, 0.29) is 24.0 Å². The van der Waals surface area contributed by atoms with Gasteiger partial charge >= 0.3 is 0 Å². The van der Waals surface area contributed by atoms with E-state index in [0.717, 1.165) is 11.3 Å². The van der Waals surface area contributed by atoms with Crippen molar-refractivity contribution in [2.24, 2.45) is 0 Å². The number of aliphatic hydroxyl groups is 1. The van der Waals surface area contributed by atoms with Gasteiger partial charge in [-0.1, -0.05) is 12.6 Å². The molecule has 0 spiro atoms. The maximum absolute atomic E-state index is 11.2. The van der Waals surface area contributed by atoms with Gasteiger partial charge in [-0.2, -0.15) is 0 Å². The van der Waals surface area contributed by atoms with Gasteiger partial charge in [-0.3, -0.25) is 9.78 Å². The molecule has 0 saturated carbocycles. The van der Waals surface area contributed by atoms with Crippen LogP contribution in [0.3, 0.4) is 0 Å². The molecule has 148 valence electrons. The number of morpholine rings is 1. The first-order valence-corrected chi connectivity index (χ1v) is 9.09. The van der Waals surface area contributed by atoms with Crippen LogP contribution >= 0.6 is 0 Å². The molecule has 0 aliphatic carbocycles. The van der Waals surface area contributed by atoms with Crippen molar-refractivity contribution in [2.75, 3.05) is 26.4 Å². The largest absolute Gasteiger partial charge is 0.507 e. The van der Waals surface area contributed by atoms with E-state index in [0.29, 0.717) is 37.5 Å². The Kier molecular flexibility index (Phi) is 6.28. The van der Waals surface area contributed by atoms with Crippen LogP contribution in [-0.4, -0.2) is 58.8 Å². The minimum atomic E-state index is -0.717. The van der Waals surface area contributed by atoms with Gasteiger partial charge in [-0.25, -0.2) is 0 Å². The Balaban J connectivity index is 1.79. The highest BCUT2D eigenvalue weighted by atomic mass is 16.5. The van der Waals surface area contributed by atoms with Crippen LogP contribution in [0.25, 0.3) is 5.70 Å². The summed E-state index contributed by atoms with van der Waals surface area (Å²) in [6.07, 6.45) is 1.50. The van der Waals surface area contributed by atoms with E-state index in [2.05, 4.69) is 16.5 Å². The number of benzene rings is 1. The molecule has 28 heavy (non-hydrogen) atoms. The number of rotatable bonds is 7. The Hall–Kier alpha value is -2.90. The number of phenols is 1. The third kappa shape index (κ3) is 4.16. The van der Waals surface area contributed by atoms with Crippen molar-refractivity contribution in [3.05, 3.63) is 59.9 Å². The highest BCUT2D eigenvalue weighted by Gasteiger charge is 2.27. The van der Waals surface area contributed by atoms with Crippen molar-refractivity contribution < 1.29 is 24.5 Å². The molecule has 0 amide bonds. The van der Waals surface area contributed by atoms with Gasteiger partial charge < -0.3 is 24.6 Å². The zero-order valence-electron chi connectivity index (χ0n) is 15.7. The van der Waals surface area contributed by atoms with Crippen molar-refractivity contribution in [3.8, 4) is 11.5 Å². The van der Waals surface area contributed by atoms with Gasteiger partial charge in [0.15, 0.2) is 6.29 Å². The molecule has 0 radical (unpaired) electrons. The molecule has 2 heterocycles. The second-order valence-corrected chi connectivity index (χ2v) is 6.60. The van der Waals surface area contributed by atoms with E-state index in [1.807, 2.05) is 6.07 Å². The van der Waals surface area contributed by atoms with Crippen LogP contribution in [-0.2, 0) is 4.74 Å². The molecule has 7 nitrogen and oxygen atoms in total. The molecule has 1 fully saturated rings. The topological polar surface area (TPSA) is 92.1 Å². The summed E-state index contributed by atoms with van der Waals surface area (Å²) in [6, 6.07) is 8.24. The van der Waals surface area contributed by atoms with E-state index in [1.165, 1.54) is 6.07 Å². The average molecular weight is 384 g/mol. The van der Waals surface area contributed by atoms with Crippen LogP contribution in [0, 0.1) is 0 Å². The standard InChI is InChI=1S/C21H24N2O5/c1-14(17-5-4-8-22-21(17)15(2)25)23-9-10-27-12-16(23)13-28-20-7-3-6-19(26)18(20)11-24/h3-8,11,15-16,25-26H,1,9-10,12-13H2,2H3. The highest BCUT2D eigenvalue weighted by molar-refractivity contribution is 5.83. The molecular formula is C21H24N2O5. The Morgan fingerprint density at radius 2 is 2.29 bits per heavy atom. The number of hydrogen-bond acceptors (Lipinski definition) is 7. The van der Waals surface area contributed by atoms with E-state index in [9.17, 15) is 15.0 Å². The summed E-state index contributed by atoms with van der Waals surface area (Å²) in [6.45, 7) is 7.71. The lowest BCUT2D eigenvalue weighted by Crippen LogP contribution is -2.47. The van der Waals surface area contributed by atoms with E-state index in [1.54, 1.807) is 31.3 Å². The van der Waals surface area contributed by atoms with Gasteiger partial charge in [0.25, 0.3) is 0 Å². The molecule has 7 heteroatoms. The van der Waals surface area contributed by atoms with Gasteiger partial charge in [-0.05, 0) is 31.2 Å². The molecular weight excluding hydrogens is 360 g/mol. The number of pyridine rings is 1. The second kappa shape index (κ2) is 8.86. The van der Waals surface area contributed by atoms with E-state index >= 15 is 0 Å². The van der Waals surface area contributed by atoms with Crippen molar-refractivity contribution in [3.63, 3.8) is 0 Å². The number of phenolic OH excluding ortho intramolecular Hbond substituents is 1. The van der Waals surface area contributed by atoms with Crippen LogP contribution in [0.15, 0.2) is 43.1 Å². The molecule has 1 aliphatic rings. The number of nitrogens with zero attached hydrogens (tertiary/aromatic N) is 2. The van der Waals surface area contributed by atoms with Crippen LogP contribution in [0.5, 0.6) is 11.5 Å². The van der Waals surface area contributed by atoms with Crippen molar-refractivity contribution in [2.45, 2.75) is 19.1 Å². The Morgan fingerprint density at radius 1 is 1.46 bits per heavy atom. The SMILES string of the molecule is C=C(c1cccnc1C(C)O)N1CCOCC1COc1cccc(O)c1C=O. The van der Waals surface area contributed by atoms with Gasteiger partial charge in [-0.15, -0.1) is 0 Å². The molecule has 2 aromatic rings. The number of aromatic nitrogens is 1. The summed E-state index contributed by atoms with van der Waals surface area (Å²) in [4.78, 5) is 17.6. The molecule has 2 N–H and O–H groups in total. The van der Waals surface area contributed by atoms with Gasteiger partial charge in [0, 0.05) is 24.0 Å². The van der Waals surface area contributed by atoms with Crippen LogP contribution in [0.1, 0.15) is 34.6 Å². The first-order chi connectivity index (χ1) is 13.5. The fraction of sp³-hybridized carbons (Fsp3) is 0.333. The number of aliphatic hydroxyl groups excluding tert-OH is 1. The highest BCUT2D eigenvalue weighted by Crippen LogP contribution is 2.29. The Bertz CT molecular complexity index is 852. The molecule has 0 bridgehead atoms. The van der Waals surface area contributed by atoms with Gasteiger partial charge in [0.2, 0.25) is 0 Å². The normalized spacial score (nSPS) is 17.8. The van der Waals surface area contributed by atoms with E-state index < -0.39 is 6.10 Å². The van der Waals surface area contributed by atoms with Gasteiger partial charge in [0.1, 0.15) is 18.1 Å². The van der Waals surface area contributed by atoms with Gasteiger partial charge in [0.05, 0.1) is 36.6 Å². The monoisotopic (exact) mass is 384 g/mol. The smallest absolute Gasteiger partial charge is 0.157 e. The molecule has 1 aliphatic heterocycles. The fourth-order valence-electron chi connectivity index (χ4n) is 3.26. The first-order valence-electron chi connectivity index (χ1n) is 9.09. The minimum absolute atomic E-state index is 0.119. The summed E-state index contributed by atoms with van der Waals surface area (Å²) < 4.78 is 11.4. The summed E-state index contributed by atoms with van der Waals surface area (Å²) >= 11 is 0. The lowest BCUT2D eigenvalue weighted by Gasteiger charge is -2.38. The minimum Gasteiger partial charge on any atom is -0.507 e. The lowest BCUT2D eigenvalue weighted by atomic mass is 10.0. The van der Waals surface area contributed by atoms with Crippen LogP contribution in [0.2, 0.25) is 0 Å². The third-order valence-electron chi connectivity index (χ3n) is 4.71. The van der Waals surface area contributed by atoms with Crippen molar-refractivity contribution in [1.29, 1.82) is 0 Å². The Morgan fingerprint density at radius 3 is 3.04 bits per heavy atom. The fourth-order valence-corrected chi connectivity index (χ4v) is 3.26. The van der Waals surface area contributed by atoms with Crippen molar-refractivity contribution >= 4 is 12.0 Å². The predicted molar refractivity (Wildman–Crippen MR) is 104 cm³/mol. The number of carbonyl (C=O) groups is 1. The molecule has 1 aromatic heterocycles. The Labute approximate surface area is 163 Å². The first kappa shape index (κ1) is 19.9. The van der Waals surface area contributed by atoms with Crippen LogP contribution < -0.4 is 4.74 Å². The molecule has 3 rings (SSSR count). The second-order valence-electron chi connectivity index (χ2n) is 6.60. The quantitative estimate of drug-likeness (QED) is 0.708. The molecule has 1 saturated heterocycles. The predicted octanol–water partition coefficient (Wildman–Crippen LogP) is 2.40. The number of carbonyl (C=O) groups excluding carboxylic acids is 1. The number of aromatic hydroxyl groups is 1.